The van der Waals surface area contributed by atoms with Crippen LogP contribution in [0.2, 0.25) is 0 Å². The SMILES string of the molecule is COC1=CCc2cccc3c2C1=C(CN)CC3. The van der Waals surface area contributed by atoms with E-state index < -0.39 is 0 Å². The van der Waals surface area contributed by atoms with Crippen molar-refractivity contribution >= 4 is 5.57 Å². The zero-order valence-corrected chi connectivity index (χ0v) is 10.1. The lowest BCUT2D eigenvalue weighted by atomic mass is 9.78. The van der Waals surface area contributed by atoms with Crippen molar-refractivity contribution in [2.75, 3.05) is 13.7 Å². The molecule has 0 saturated heterocycles. The van der Waals surface area contributed by atoms with E-state index in [4.69, 9.17) is 10.5 Å². The second-order valence-electron chi connectivity index (χ2n) is 4.61. The van der Waals surface area contributed by atoms with Gasteiger partial charge in [-0.2, -0.15) is 0 Å². The Balaban J connectivity index is 2.27. The van der Waals surface area contributed by atoms with E-state index >= 15 is 0 Å². The quantitative estimate of drug-likeness (QED) is 0.842. The maximum atomic E-state index is 5.88. The normalized spacial score (nSPS) is 17.6. The van der Waals surface area contributed by atoms with Gasteiger partial charge >= 0.3 is 0 Å². The molecule has 0 unspecified atom stereocenters. The molecule has 0 amide bonds. The Morgan fingerprint density at radius 2 is 2.06 bits per heavy atom. The van der Waals surface area contributed by atoms with Gasteiger partial charge in [-0.05, 0) is 47.6 Å². The first kappa shape index (κ1) is 10.6. The van der Waals surface area contributed by atoms with E-state index in [2.05, 4.69) is 24.3 Å². The third-order valence-corrected chi connectivity index (χ3v) is 3.76. The minimum atomic E-state index is 0.629. The van der Waals surface area contributed by atoms with Gasteiger partial charge in [0.05, 0.1) is 7.11 Å². The van der Waals surface area contributed by atoms with Gasteiger partial charge in [0.1, 0.15) is 5.76 Å². The number of ether oxygens (including phenoxy) is 1. The Morgan fingerprint density at radius 3 is 2.82 bits per heavy atom. The fraction of sp³-hybridized carbons (Fsp3) is 0.333. The summed E-state index contributed by atoms with van der Waals surface area (Å²) in [6, 6.07) is 6.59. The van der Waals surface area contributed by atoms with Crippen molar-refractivity contribution in [3.8, 4) is 0 Å². The number of hydrogen-bond donors (Lipinski definition) is 1. The number of allylic oxidation sites excluding steroid dienone is 2. The highest BCUT2D eigenvalue weighted by Crippen LogP contribution is 2.40. The molecule has 0 atom stereocenters. The highest BCUT2D eigenvalue weighted by molar-refractivity contribution is 5.86. The lowest BCUT2D eigenvalue weighted by Crippen LogP contribution is -2.17. The van der Waals surface area contributed by atoms with Gasteiger partial charge in [0.25, 0.3) is 0 Å². The van der Waals surface area contributed by atoms with E-state index in [9.17, 15) is 0 Å². The van der Waals surface area contributed by atoms with E-state index in [-0.39, 0.29) is 0 Å². The Bertz CT molecular complexity index is 526. The molecular formula is C15H17NO. The smallest absolute Gasteiger partial charge is 0.123 e. The number of methoxy groups -OCH3 is 1. The minimum absolute atomic E-state index is 0.629. The molecule has 2 nitrogen and oxygen atoms in total. The minimum Gasteiger partial charge on any atom is -0.496 e. The number of aryl methyl sites for hydroxylation is 1. The van der Waals surface area contributed by atoms with Crippen molar-refractivity contribution in [1.29, 1.82) is 0 Å². The predicted molar refractivity (Wildman–Crippen MR) is 69.5 cm³/mol. The summed E-state index contributed by atoms with van der Waals surface area (Å²) < 4.78 is 5.52. The van der Waals surface area contributed by atoms with E-state index in [0.717, 1.165) is 25.0 Å². The van der Waals surface area contributed by atoms with Crippen molar-refractivity contribution in [2.45, 2.75) is 19.3 Å². The van der Waals surface area contributed by atoms with Crippen LogP contribution in [-0.4, -0.2) is 13.7 Å². The van der Waals surface area contributed by atoms with Crippen LogP contribution in [0.4, 0.5) is 0 Å². The molecule has 17 heavy (non-hydrogen) atoms. The van der Waals surface area contributed by atoms with Gasteiger partial charge in [0.15, 0.2) is 0 Å². The van der Waals surface area contributed by atoms with Crippen LogP contribution in [0.1, 0.15) is 23.1 Å². The molecule has 0 bridgehead atoms. The van der Waals surface area contributed by atoms with Crippen LogP contribution in [0, 0.1) is 0 Å². The van der Waals surface area contributed by atoms with Crippen molar-refractivity contribution < 1.29 is 4.74 Å². The summed E-state index contributed by atoms with van der Waals surface area (Å²) in [4.78, 5) is 0. The number of rotatable bonds is 2. The Morgan fingerprint density at radius 1 is 1.24 bits per heavy atom. The van der Waals surface area contributed by atoms with Gasteiger partial charge in [-0.15, -0.1) is 0 Å². The first-order valence-corrected chi connectivity index (χ1v) is 6.13. The molecule has 0 aromatic heterocycles. The van der Waals surface area contributed by atoms with Gasteiger partial charge in [-0.1, -0.05) is 18.2 Å². The molecule has 1 aromatic rings. The maximum absolute atomic E-state index is 5.88. The standard InChI is InChI=1S/C15H17NO/c1-17-13-8-7-11-4-2-3-10-5-6-12(9-16)15(13)14(10)11/h2-4,8H,5-7,9,16H2,1H3. The summed E-state index contributed by atoms with van der Waals surface area (Å²) in [7, 11) is 1.75. The molecule has 0 radical (unpaired) electrons. The molecular weight excluding hydrogens is 210 g/mol. The van der Waals surface area contributed by atoms with Gasteiger partial charge in [-0.3, -0.25) is 0 Å². The molecule has 88 valence electrons. The zero-order valence-electron chi connectivity index (χ0n) is 10.1. The predicted octanol–water partition coefficient (Wildman–Crippen LogP) is 2.43. The molecule has 0 heterocycles. The van der Waals surface area contributed by atoms with Crippen LogP contribution >= 0.6 is 0 Å². The summed E-state index contributed by atoms with van der Waals surface area (Å²) in [5.74, 6) is 1.00. The van der Waals surface area contributed by atoms with Crippen LogP contribution in [0.15, 0.2) is 35.6 Å². The van der Waals surface area contributed by atoms with Crippen LogP contribution in [0.5, 0.6) is 0 Å². The summed E-state index contributed by atoms with van der Waals surface area (Å²) in [5.41, 5.74) is 12.7. The molecule has 0 aliphatic heterocycles. The highest BCUT2D eigenvalue weighted by atomic mass is 16.5. The van der Waals surface area contributed by atoms with Gasteiger partial charge in [0.2, 0.25) is 0 Å². The molecule has 0 spiro atoms. The monoisotopic (exact) mass is 227 g/mol. The molecule has 2 N–H and O–H groups in total. The molecule has 0 saturated carbocycles. The molecule has 3 rings (SSSR count). The Labute approximate surface area is 102 Å². The lowest BCUT2D eigenvalue weighted by molar-refractivity contribution is 0.308. The average molecular weight is 227 g/mol. The first-order valence-electron chi connectivity index (χ1n) is 6.13. The van der Waals surface area contributed by atoms with Crippen LogP contribution in [0.25, 0.3) is 5.57 Å². The van der Waals surface area contributed by atoms with E-state index in [1.54, 1.807) is 7.11 Å². The Kier molecular flexibility index (Phi) is 2.52. The summed E-state index contributed by atoms with van der Waals surface area (Å²) in [6.07, 6.45) is 5.30. The summed E-state index contributed by atoms with van der Waals surface area (Å²) >= 11 is 0. The topological polar surface area (TPSA) is 35.2 Å². The zero-order chi connectivity index (χ0) is 11.8. The largest absolute Gasteiger partial charge is 0.496 e. The van der Waals surface area contributed by atoms with Crippen LogP contribution in [0.3, 0.4) is 0 Å². The third-order valence-electron chi connectivity index (χ3n) is 3.76. The lowest BCUT2D eigenvalue weighted by Gasteiger charge is -2.29. The van der Waals surface area contributed by atoms with Crippen LogP contribution < -0.4 is 5.73 Å². The second-order valence-corrected chi connectivity index (χ2v) is 4.61. The molecule has 1 aromatic carbocycles. The number of hydrogen-bond acceptors (Lipinski definition) is 2. The fourth-order valence-electron chi connectivity index (χ4n) is 2.93. The number of benzene rings is 1. The van der Waals surface area contributed by atoms with Gasteiger partial charge in [0, 0.05) is 12.1 Å². The highest BCUT2D eigenvalue weighted by Gasteiger charge is 2.26. The summed E-state index contributed by atoms with van der Waals surface area (Å²) in [5, 5.41) is 0. The van der Waals surface area contributed by atoms with Crippen molar-refractivity contribution in [3.63, 3.8) is 0 Å². The third kappa shape index (κ3) is 1.52. The maximum Gasteiger partial charge on any atom is 0.123 e. The Hall–Kier alpha value is -1.54. The molecule has 2 heteroatoms. The van der Waals surface area contributed by atoms with Gasteiger partial charge in [-0.25, -0.2) is 0 Å². The number of nitrogens with two attached hydrogens (primary N) is 1. The molecule has 2 aliphatic carbocycles. The molecule has 2 aliphatic rings. The van der Waals surface area contributed by atoms with E-state index in [1.807, 2.05) is 0 Å². The first-order chi connectivity index (χ1) is 8.35. The van der Waals surface area contributed by atoms with E-state index in [0.29, 0.717) is 6.54 Å². The fourth-order valence-corrected chi connectivity index (χ4v) is 2.93. The molecule has 0 fully saturated rings. The summed E-state index contributed by atoms with van der Waals surface area (Å²) in [6.45, 7) is 0.629. The average Bonchev–Trinajstić information content (AvgIpc) is 2.40. The van der Waals surface area contributed by atoms with E-state index in [1.165, 1.54) is 27.8 Å². The second kappa shape index (κ2) is 4.04. The van der Waals surface area contributed by atoms with Gasteiger partial charge < -0.3 is 10.5 Å². The van der Waals surface area contributed by atoms with Crippen LogP contribution in [-0.2, 0) is 17.6 Å². The van der Waals surface area contributed by atoms with Crippen molar-refractivity contribution in [3.05, 3.63) is 52.3 Å². The van der Waals surface area contributed by atoms with Crippen molar-refractivity contribution in [2.24, 2.45) is 5.73 Å². The van der Waals surface area contributed by atoms with Crippen molar-refractivity contribution in [1.82, 2.24) is 0 Å².